The number of methoxy groups -OCH3 is 1. The van der Waals surface area contributed by atoms with Crippen LogP contribution in [0, 0.1) is 0 Å². The average Bonchev–Trinajstić information content (AvgIpc) is 3.29. The Hall–Kier alpha value is -2.59. The Labute approximate surface area is 145 Å². The van der Waals surface area contributed by atoms with Crippen molar-refractivity contribution in [1.29, 1.82) is 0 Å². The second-order valence-electron chi connectivity index (χ2n) is 5.66. The zero-order valence-electron chi connectivity index (χ0n) is 13.7. The topological polar surface area (TPSA) is 27.1 Å². The molecule has 120 valence electrons. The van der Waals surface area contributed by atoms with Gasteiger partial charge in [0.1, 0.15) is 5.75 Å². The fraction of sp³-hybridized carbons (Fsp3) is 0.150. The molecule has 0 amide bonds. The highest BCUT2D eigenvalue weighted by Crippen LogP contribution is 2.36. The first-order valence-corrected chi connectivity index (χ1v) is 8.90. The van der Waals surface area contributed by atoms with Gasteiger partial charge >= 0.3 is 0 Å². The standard InChI is InChI=1S/C20H18N2OS/c1-3-22-12-18(17-5-4-6-19(23-2)20(17)22)16-9-15(10-21-11-16)14-7-8-24-13-14/h4-13H,3H2,1-2H3. The second-order valence-corrected chi connectivity index (χ2v) is 6.44. The molecule has 0 unspecified atom stereocenters. The van der Waals surface area contributed by atoms with Gasteiger partial charge in [-0.25, -0.2) is 0 Å². The van der Waals surface area contributed by atoms with Crippen molar-refractivity contribution in [3.8, 4) is 28.0 Å². The Morgan fingerprint density at radius 3 is 2.75 bits per heavy atom. The van der Waals surface area contributed by atoms with Gasteiger partial charge in [-0.1, -0.05) is 12.1 Å². The molecule has 3 heterocycles. The molecule has 0 saturated heterocycles. The van der Waals surface area contributed by atoms with Crippen molar-refractivity contribution in [2.75, 3.05) is 7.11 Å². The first kappa shape index (κ1) is 15.0. The molecule has 3 aromatic heterocycles. The molecule has 3 nitrogen and oxygen atoms in total. The molecule has 1 aromatic carbocycles. The number of fused-ring (bicyclic) bond motifs is 1. The zero-order chi connectivity index (χ0) is 16.5. The molecule has 0 fully saturated rings. The van der Waals surface area contributed by atoms with E-state index in [1.807, 2.05) is 24.5 Å². The van der Waals surface area contributed by atoms with Crippen LogP contribution in [0.4, 0.5) is 0 Å². The molecule has 4 heteroatoms. The van der Waals surface area contributed by atoms with Crippen LogP contribution in [0.2, 0.25) is 0 Å². The van der Waals surface area contributed by atoms with Gasteiger partial charge in [0.15, 0.2) is 0 Å². The lowest BCUT2D eigenvalue weighted by atomic mass is 10.0. The molecule has 0 aliphatic rings. The van der Waals surface area contributed by atoms with Gasteiger partial charge in [0, 0.05) is 47.2 Å². The summed E-state index contributed by atoms with van der Waals surface area (Å²) in [5.41, 5.74) is 5.82. The van der Waals surface area contributed by atoms with Gasteiger partial charge in [-0.3, -0.25) is 4.98 Å². The van der Waals surface area contributed by atoms with Crippen LogP contribution >= 0.6 is 11.3 Å². The average molecular weight is 334 g/mol. The SMILES string of the molecule is CCn1cc(-c2cncc(-c3ccsc3)c2)c2cccc(OC)c21. The maximum atomic E-state index is 5.57. The first-order chi connectivity index (χ1) is 11.8. The number of rotatable bonds is 4. The number of nitrogens with zero attached hydrogens (tertiary/aromatic N) is 2. The summed E-state index contributed by atoms with van der Waals surface area (Å²) in [6, 6.07) is 10.5. The van der Waals surface area contributed by atoms with Crippen LogP contribution in [0.3, 0.4) is 0 Å². The predicted octanol–water partition coefficient (Wildman–Crippen LogP) is 5.46. The summed E-state index contributed by atoms with van der Waals surface area (Å²) in [5.74, 6) is 0.905. The van der Waals surface area contributed by atoms with E-state index in [9.17, 15) is 0 Å². The first-order valence-electron chi connectivity index (χ1n) is 7.95. The molecule has 24 heavy (non-hydrogen) atoms. The molecule has 0 spiro atoms. The number of aromatic nitrogens is 2. The summed E-state index contributed by atoms with van der Waals surface area (Å²) < 4.78 is 7.80. The minimum atomic E-state index is 0.897. The second kappa shape index (κ2) is 6.13. The fourth-order valence-corrected chi connectivity index (χ4v) is 3.81. The van der Waals surface area contributed by atoms with Gasteiger partial charge < -0.3 is 9.30 Å². The van der Waals surface area contributed by atoms with Crippen LogP contribution in [0.15, 0.2) is 59.7 Å². The van der Waals surface area contributed by atoms with E-state index in [1.54, 1.807) is 18.4 Å². The maximum absolute atomic E-state index is 5.57. The highest BCUT2D eigenvalue weighted by Gasteiger charge is 2.14. The van der Waals surface area contributed by atoms with Crippen LogP contribution in [0.5, 0.6) is 5.75 Å². The third-order valence-electron chi connectivity index (χ3n) is 4.33. The van der Waals surface area contributed by atoms with E-state index in [1.165, 1.54) is 16.5 Å². The lowest BCUT2D eigenvalue weighted by molar-refractivity contribution is 0.417. The summed E-state index contributed by atoms with van der Waals surface area (Å²) >= 11 is 1.70. The lowest BCUT2D eigenvalue weighted by Crippen LogP contribution is -1.93. The van der Waals surface area contributed by atoms with Crippen molar-refractivity contribution in [2.24, 2.45) is 0 Å². The van der Waals surface area contributed by atoms with Crippen molar-refractivity contribution in [2.45, 2.75) is 13.5 Å². The summed E-state index contributed by atoms with van der Waals surface area (Å²) in [5, 5.41) is 5.44. The molecule has 0 N–H and O–H groups in total. The van der Waals surface area contributed by atoms with Crippen LogP contribution in [0.1, 0.15) is 6.92 Å². The van der Waals surface area contributed by atoms with Crippen molar-refractivity contribution >= 4 is 22.2 Å². The molecule has 0 bridgehead atoms. The van der Waals surface area contributed by atoms with Crippen molar-refractivity contribution in [3.05, 3.63) is 59.7 Å². The van der Waals surface area contributed by atoms with E-state index in [0.717, 1.165) is 28.9 Å². The summed E-state index contributed by atoms with van der Waals surface area (Å²) in [7, 11) is 1.72. The molecule has 0 saturated carbocycles. The third-order valence-corrected chi connectivity index (χ3v) is 5.01. The summed E-state index contributed by atoms with van der Waals surface area (Å²) in [6.45, 7) is 3.05. The van der Waals surface area contributed by atoms with Gasteiger partial charge in [-0.15, -0.1) is 0 Å². The van der Waals surface area contributed by atoms with Gasteiger partial charge in [-0.05, 0) is 41.4 Å². The highest BCUT2D eigenvalue weighted by molar-refractivity contribution is 7.08. The molecular weight excluding hydrogens is 316 g/mol. The van der Waals surface area contributed by atoms with Crippen molar-refractivity contribution < 1.29 is 4.74 Å². The third kappa shape index (κ3) is 2.39. The molecule has 0 aliphatic carbocycles. The lowest BCUT2D eigenvalue weighted by Gasteiger charge is -2.06. The van der Waals surface area contributed by atoms with Crippen LogP contribution in [-0.4, -0.2) is 16.7 Å². The van der Waals surface area contributed by atoms with Gasteiger partial charge in [0.25, 0.3) is 0 Å². The van der Waals surface area contributed by atoms with Crippen molar-refractivity contribution in [3.63, 3.8) is 0 Å². The largest absolute Gasteiger partial charge is 0.495 e. The van der Waals surface area contributed by atoms with E-state index in [2.05, 4.69) is 51.6 Å². The Morgan fingerprint density at radius 1 is 1.12 bits per heavy atom. The predicted molar refractivity (Wildman–Crippen MR) is 101 cm³/mol. The number of ether oxygens (including phenoxy) is 1. The minimum absolute atomic E-state index is 0.897. The number of hydrogen-bond acceptors (Lipinski definition) is 3. The monoisotopic (exact) mass is 334 g/mol. The van der Waals surface area contributed by atoms with Crippen LogP contribution < -0.4 is 4.74 Å². The molecule has 0 atom stereocenters. The number of para-hydroxylation sites is 1. The minimum Gasteiger partial charge on any atom is -0.495 e. The number of aryl methyl sites for hydroxylation is 1. The molecule has 0 aliphatic heterocycles. The van der Waals surface area contributed by atoms with Crippen LogP contribution in [0.25, 0.3) is 33.2 Å². The number of hydrogen-bond donors (Lipinski definition) is 0. The van der Waals surface area contributed by atoms with E-state index in [-0.39, 0.29) is 0 Å². The molecule has 4 aromatic rings. The Balaban J connectivity index is 1.93. The van der Waals surface area contributed by atoms with Crippen molar-refractivity contribution in [1.82, 2.24) is 9.55 Å². The van der Waals surface area contributed by atoms with E-state index in [0.29, 0.717) is 0 Å². The van der Waals surface area contributed by atoms with Gasteiger partial charge in [0.05, 0.1) is 12.6 Å². The Morgan fingerprint density at radius 2 is 2.00 bits per heavy atom. The number of pyridine rings is 1. The normalized spacial score (nSPS) is 11.1. The van der Waals surface area contributed by atoms with Gasteiger partial charge in [-0.2, -0.15) is 11.3 Å². The maximum Gasteiger partial charge on any atom is 0.143 e. The summed E-state index contributed by atoms with van der Waals surface area (Å²) in [6.07, 6.45) is 6.05. The van der Waals surface area contributed by atoms with E-state index < -0.39 is 0 Å². The molecular formula is C20H18N2OS. The fourth-order valence-electron chi connectivity index (χ4n) is 3.14. The van der Waals surface area contributed by atoms with Crippen LogP contribution in [-0.2, 0) is 6.54 Å². The quantitative estimate of drug-likeness (QED) is 0.495. The Bertz CT molecular complexity index is 986. The highest BCUT2D eigenvalue weighted by atomic mass is 32.1. The zero-order valence-corrected chi connectivity index (χ0v) is 14.5. The van der Waals surface area contributed by atoms with E-state index in [4.69, 9.17) is 4.74 Å². The molecule has 0 radical (unpaired) electrons. The van der Waals surface area contributed by atoms with E-state index >= 15 is 0 Å². The number of benzene rings is 1. The summed E-state index contributed by atoms with van der Waals surface area (Å²) in [4.78, 5) is 4.47. The smallest absolute Gasteiger partial charge is 0.143 e. The molecule has 4 rings (SSSR count). The number of thiophene rings is 1. The van der Waals surface area contributed by atoms with Gasteiger partial charge in [0.2, 0.25) is 0 Å². The Kier molecular flexibility index (Phi) is 3.82.